The second kappa shape index (κ2) is 11.7. The molecule has 0 bridgehead atoms. The monoisotopic (exact) mass is 496 g/mol. The molecule has 6 nitrogen and oxygen atoms in total. The largest absolute Gasteiger partial charge is 0.497 e. The summed E-state index contributed by atoms with van der Waals surface area (Å²) in [5.74, 6) is 2.42. The first-order chi connectivity index (χ1) is 13.3. The van der Waals surface area contributed by atoms with Crippen LogP contribution in [0.1, 0.15) is 36.9 Å². The summed E-state index contributed by atoms with van der Waals surface area (Å²) in [6.07, 6.45) is 6.82. The van der Waals surface area contributed by atoms with Crippen molar-refractivity contribution < 1.29 is 9.47 Å². The second-order valence-electron chi connectivity index (χ2n) is 6.60. The molecule has 28 heavy (non-hydrogen) atoms. The van der Waals surface area contributed by atoms with Gasteiger partial charge in [-0.3, -0.25) is 9.98 Å². The minimum absolute atomic E-state index is 0. The zero-order valence-electron chi connectivity index (χ0n) is 16.5. The maximum Gasteiger partial charge on any atom is 0.191 e. The molecular weight excluding hydrogens is 467 g/mol. The lowest BCUT2D eigenvalue weighted by molar-refractivity contribution is 0.207. The van der Waals surface area contributed by atoms with Crippen LogP contribution in [0.4, 0.5) is 0 Å². The summed E-state index contributed by atoms with van der Waals surface area (Å²) in [7, 11) is 3.44. The van der Waals surface area contributed by atoms with E-state index in [1.165, 1.54) is 12.8 Å². The summed E-state index contributed by atoms with van der Waals surface area (Å²) in [6.45, 7) is 1.24. The third-order valence-corrected chi connectivity index (χ3v) is 4.70. The molecule has 3 rings (SSSR count). The van der Waals surface area contributed by atoms with Gasteiger partial charge >= 0.3 is 0 Å². The normalized spacial score (nSPS) is 14.3. The van der Waals surface area contributed by atoms with E-state index in [0.29, 0.717) is 19.2 Å². The van der Waals surface area contributed by atoms with Gasteiger partial charge in [0, 0.05) is 31.4 Å². The fourth-order valence-corrected chi connectivity index (χ4v) is 3.18. The van der Waals surface area contributed by atoms with E-state index in [2.05, 4.69) is 20.6 Å². The van der Waals surface area contributed by atoms with Gasteiger partial charge in [0.25, 0.3) is 0 Å². The molecule has 1 heterocycles. The maximum absolute atomic E-state index is 6.25. The lowest BCUT2D eigenvalue weighted by Gasteiger charge is -2.18. The first-order valence-corrected chi connectivity index (χ1v) is 9.46. The van der Waals surface area contributed by atoms with Crippen molar-refractivity contribution in [3.8, 4) is 11.5 Å². The Morgan fingerprint density at radius 3 is 2.61 bits per heavy atom. The molecule has 1 aromatic heterocycles. The van der Waals surface area contributed by atoms with Crippen LogP contribution in [0.5, 0.6) is 11.5 Å². The zero-order chi connectivity index (χ0) is 18.9. The topological polar surface area (TPSA) is 67.8 Å². The number of aromatic nitrogens is 1. The average Bonchev–Trinajstić information content (AvgIpc) is 3.22. The predicted octanol–water partition coefficient (Wildman–Crippen LogP) is 3.89. The van der Waals surface area contributed by atoms with Gasteiger partial charge < -0.3 is 20.1 Å². The highest BCUT2D eigenvalue weighted by molar-refractivity contribution is 14.0. The predicted molar refractivity (Wildman–Crippen MR) is 123 cm³/mol. The van der Waals surface area contributed by atoms with Crippen LogP contribution in [-0.4, -0.2) is 31.2 Å². The minimum Gasteiger partial charge on any atom is -0.497 e. The average molecular weight is 496 g/mol. The summed E-state index contributed by atoms with van der Waals surface area (Å²) in [5, 5.41) is 6.63. The van der Waals surface area contributed by atoms with E-state index in [9.17, 15) is 0 Å². The number of pyridine rings is 1. The number of rotatable bonds is 7. The van der Waals surface area contributed by atoms with E-state index in [1.807, 2.05) is 36.4 Å². The third kappa shape index (κ3) is 6.54. The summed E-state index contributed by atoms with van der Waals surface area (Å²) >= 11 is 0. The van der Waals surface area contributed by atoms with Crippen LogP contribution in [0.3, 0.4) is 0 Å². The first kappa shape index (κ1) is 22.3. The number of hydrogen-bond acceptors (Lipinski definition) is 4. The number of aliphatic imine (C=N–C) groups is 1. The van der Waals surface area contributed by atoms with Gasteiger partial charge in [-0.1, -0.05) is 6.07 Å². The Balaban J connectivity index is 0.00000280. The summed E-state index contributed by atoms with van der Waals surface area (Å²) < 4.78 is 11.6. The van der Waals surface area contributed by atoms with Crippen molar-refractivity contribution in [3.05, 3.63) is 53.9 Å². The molecule has 0 radical (unpaired) electrons. The first-order valence-electron chi connectivity index (χ1n) is 9.46. The Morgan fingerprint density at radius 1 is 1.14 bits per heavy atom. The second-order valence-corrected chi connectivity index (χ2v) is 6.60. The Kier molecular flexibility index (Phi) is 9.33. The summed E-state index contributed by atoms with van der Waals surface area (Å²) in [4.78, 5) is 8.60. The highest BCUT2D eigenvalue weighted by atomic mass is 127. The van der Waals surface area contributed by atoms with Crippen LogP contribution in [0.2, 0.25) is 0 Å². The summed E-state index contributed by atoms with van der Waals surface area (Å²) in [6, 6.07) is 11.8. The molecule has 0 aliphatic heterocycles. The van der Waals surface area contributed by atoms with E-state index in [1.54, 1.807) is 20.4 Å². The van der Waals surface area contributed by atoms with Gasteiger partial charge in [-0.05, 0) is 49.9 Å². The van der Waals surface area contributed by atoms with Crippen LogP contribution < -0.4 is 20.1 Å². The molecule has 0 saturated heterocycles. The number of methoxy groups -OCH3 is 1. The SMILES string of the molecule is CN=C(NCc1ccccn1)NCc1ccc(OC)cc1OC1CCCC1.I. The highest BCUT2D eigenvalue weighted by Gasteiger charge is 2.18. The Hall–Kier alpha value is -2.03. The Labute approximate surface area is 184 Å². The third-order valence-electron chi connectivity index (χ3n) is 4.70. The highest BCUT2D eigenvalue weighted by Crippen LogP contribution is 2.29. The van der Waals surface area contributed by atoms with Crippen LogP contribution in [0, 0.1) is 0 Å². The van der Waals surface area contributed by atoms with Gasteiger partial charge in [-0.2, -0.15) is 0 Å². The molecular formula is C21H29IN4O2. The van der Waals surface area contributed by atoms with Gasteiger partial charge in [0.1, 0.15) is 11.5 Å². The molecule has 2 N–H and O–H groups in total. The van der Waals surface area contributed by atoms with Crippen molar-refractivity contribution in [3.63, 3.8) is 0 Å². The van der Waals surface area contributed by atoms with Crippen LogP contribution in [-0.2, 0) is 13.1 Å². The number of nitrogens with zero attached hydrogens (tertiary/aromatic N) is 2. The molecule has 1 aliphatic carbocycles. The fraction of sp³-hybridized carbons (Fsp3) is 0.429. The molecule has 152 valence electrons. The van der Waals surface area contributed by atoms with E-state index in [4.69, 9.17) is 9.47 Å². The van der Waals surface area contributed by atoms with E-state index < -0.39 is 0 Å². The maximum atomic E-state index is 6.25. The Morgan fingerprint density at radius 2 is 1.93 bits per heavy atom. The van der Waals surface area contributed by atoms with Gasteiger partial charge in [0.15, 0.2) is 5.96 Å². The standard InChI is InChI=1S/C21H28N4O2.HI/c1-22-21(25-15-17-7-5-6-12-23-17)24-14-16-10-11-19(26-2)13-20(16)27-18-8-3-4-9-18;/h5-7,10-13,18H,3-4,8-9,14-15H2,1-2H3,(H2,22,24,25);1H. The van der Waals surface area contributed by atoms with E-state index in [0.717, 1.165) is 41.6 Å². The number of halogens is 1. The molecule has 0 amide bonds. The quantitative estimate of drug-likeness (QED) is 0.346. The van der Waals surface area contributed by atoms with Crippen LogP contribution >= 0.6 is 24.0 Å². The lowest BCUT2D eigenvalue weighted by Crippen LogP contribution is -2.36. The smallest absolute Gasteiger partial charge is 0.191 e. The van der Waals surface area contributed by atoms with Gasteiger partial charge in [0.05, 0.1) is 25.5 Å². The van der Waals surface area contributed by atoms with Crippen molar-refractivity contribution in [2.45, 2.75) is 44.9 Å². The molecule has 0 unspecified atom stereocenters. The molecule has 0 spiro atoms. The van der Waals surface area contributed by atoms with Crippen molar-refractivity contribution >= 4 is 29.9 Å². The van der Waals surface area contributed by atoms with Crippen molar-refractivity contribution in [1.82, 2.24) is 15.6 Å². The number of nitrogens with one attached hydrogen (secondary N) is 2. The van der Waals surface area contributed by atoms with Gasteiger partial charge in [-0.15, -0.1) is 24.0 Å². The van der Waals surface area contributed by atoms with Crippen molar-refractivity contribution in [2.75, 3.05) is 14.2 Å². The zero-order valence-corrected chi connectivity index (χ0v) is 18.8. The Bertz CT molecular complexity index is 749. The number of guanidine groups is 1. The van der Waals surface area contributed by atoms with Crippen LogP contribution in [0.25, 0.3) is 0 Å². The van der Waals surface area contributed by atoms with Crippen molar-refractivity contribution in [2.24, 2.45) is 4.99 Å². The van der Waals surface area contributed by atoms with Gasteiger partial charge in [-0.25, -0.2) is 0 Å². The van der Waals surface area contributed by atoms with Crippen molar-refractivity contribution in [1.29, 1.82) is 0 Å². The molecule has 1 aliphatic rings. The van der Waals surface area contributed by atoms with E-state index >= 15 is 0 Å². The van der Waals surface area contributed by atoms with E-state index in [-0.39, 0.29) is 24.0 Å². The number of ether oxygens (including phenoxy) is 2. The summed E-state index contributed by atoms with van der Waals surface area (Å²) in [5.41, 5.74) is 2.05. The minimum atomic E-state index is 0. The molecule has 0 atom stereocenters. The molecule has 1 saturated carbocycles. The van der Waals surface area contributed by atoms with Crippen LogP contribution in [0.15, 0.2) is 47.6 Å². The number of benzene rings is 1. The molecule has 1 aromatic carbocycles. The molecule has 7 heteroatoms. The molecule has 1 fully saturated rings. The molecule has 2 aromatic rings. The fourth-order valence-electron chi connectivity index (χ4n) is 3.18. The number of hydrogen-bond donors (Lipinski definition) is 2. The van der Waals surface area contributed by atoms with Gasteiger partial charge in [0.2, 0.25) is 0 Å². The lowest BCUT2D eigenvalue weighted by atomic mass is 10.2.